The molecule has 1 aromatic heterocycles. The summed E-state index contributed by atoms with van der Waals surface area (Å²) in [5.41, 5.74) is 6.35. The van der Waals surface area contributed by atoms with Gasteiger partial charge in [0, 0.05) is 19.2 Å². The molecule has 0 spiro atoms. The lowest BCUT2D eigenvalue weighted by Crippen LogP contribution is -2.31. The summed E-state index contributed by atoms with van der Waals surface area (Å²) < 4.78 is 0. The first kappa shape index (κ1) is 12.4. The first-order valence-corrected chi connectivity index (χ1v) is 6.25. The number of hydrogen-bond donors (Lipinski definition) is 2. The second kappa shape index (κ2) is 5.51. The van der Waals surface area contributed by atoms with Crippen LogP contribution in [0, 0.1) is 0 Å². The Morgan fingerprint density at radius 3 is 3.12 bits per heavy atom. The zero-order chi connectivity index (χ0) is 12.3. The highest BCUT2D eigenvalue weighted by atomic mass is 35.5. The van der Waals surface area contributed by atoms with Crippen molar-refractivity contribution in [3.05, 3.63) is 11.5 Å². The normalized spacial score (nSPS) is 19.9. The molecule has 0 bridgehead atoms. The average molecular weight is 257 g/mol. The van der Waals surface area contributed by atoms with Crippen molar-refractivity contribution >= 4 is 23.1 Å². The second-order valence-corrected chi connectivity index (χ2v) is 4.62. The fourth-order valence-corrected chi connectivity index (χ4v) is 2.46. The highest BCUT2D eigenvalue weighted by Gasteiger charge is 2.27. The number of halogens is 1. The maximum absolute atomic E-state index is 8.89. The molecule has 5 nitrogen and oxygen atoms in total. The molecular weight excluding hydrogens is 240 g/mol. The van der Waals surface area contributed by atoms with E-state index in [2.05, 4.69) is 14.9 Å². The van der Waals surface area contributed by atoms with E-state index >= 15 is 0 Å². The largest absolute Gasteiger partial charge is 0.396 e. The van der Waals surface area contributed by atoms with Crippen LogP contribution in [0.5, 0.6) is 0 Å². The molecule has 2 heterocycles. The molecule has 0 radical (unpaired) electrons. The lowest BCUT2D eigenvalue weighted by Gasteiger charge is -2.26. The summed E-state index contributed by atoms with van der Waals surface area (Å²) in [4.78, 5) is 10.3. The molecule has 1 aliphatic heterocycles. The van der Waals surface area contributed by atoms with Crippen LogP contribution in [0.1, 0.15) is 25.7 Å². The van der Waals surface area contributed by atoms with E-state index in [9.17, 15) is 0 Å². The van der Waals surface area contributed by atoms with Gasteiger partial charge in [-0.1, -0.05) is 11.6 Å². The SMILES string of the molecule is Nc1c(Cl)ncnc1N1CCCC1CCCO. The molecular formula is C11H17ClN4O. The van der Waals surface area contributed by atoms with E-state index in [4.69, 9.17) is 22.4 Å². The van der Waals surface area contributed by atoms with Gasteiger partial charge in [0.15, 0.2) is 11.0 Å². The van der Waals surface area contributed by atoms with E-state index < -0.39 is 0 Å². The van der Waals surface area contributed by atoms with E-state index in [1.165, 1.54) is 6.33 Å². The molecule has 1 aliphatic rings. The average Bonchev–Trinajstić information content (AvgIpc) is 2.78. The van der Waals surface area contributed by atoms with E-state index in [1.54, 1.807) is 0 Å². The third-order valence-corrected chi connectivity index (χ3v) is 3.46. The Morgan fingerprint density at radius 2 is 2.35 bits per heavy atom. The second-order valence-electron chi connectivity index (χ2n) is 4.26. The van der Waals surface area contributed by atoms with Gasteiger partial charge in [0.1, 0.15) is 12.0 Å². The lowest BCUT2D eigenvalue weighted by atomic mass is 10.1. The van der Waals surface area contributed by atoms with Crippen molar-refractivity contribution in [2.45, 2.75) is 31.7 Å². The van der Waals surface area contributed by atoms with Gasteiger partial charge >= 0.3 is 0 Å². The van der Waals surface area contributed by atoms with Crippen LogP contribution in [0.3, 0.4) is 0 Å². The number of aliphatic hydroxyl groups is 1. The summed E-state index contributed by atoms with van der Waals surface area (Å²) in [5, 5.41) is 9.20. The molecule has 0 saturated carbocycles. The van der Waals surface area contributed by atoms with Crippen molar-refractivity contribution in [1.29, 1.82) is 0 Å². The third kappa shape index (κ3) is 2.61. The molecule has 1 atom stereocenters. The summed E-state index contributed by atoms with van der Waals surface area (Å²) in [7, 11) is 0. The number of rotatable bonds is 4. The monoisotopic (exact) mass is 256 g/mol. The molecule has 1 aromatic rings. The lowest BCUT2D eigenvalue weighted by molar-refractivity contribution is 0.279. The minimum absolute atomic E-state index is 0.227. The Morgan fingerprint density at radius 1 is 1.53 bits per heavy atom. The molecule has 0 aromatic carbocycles. The predicted octanol–water partition coefficient (Wildman–Crippen LogP) is 1.45. The van der Waals surface area contributed by atoms with E-state index in [0.717, 1.165) is 38.0 Å². The molecule has 94 valence electrons. The third-order valence-electron chi connectivity index (χ3n) is 3.16. The van der Waals surface area contributed by atoms with Crippen molar-refractivity contribution in [3.8, 4) is 0 Å². The van der Waals surface area contributed by atoms with Crippen LogP contribution in [0.15, 0.2) is 6.33 Å². The summed E-state index contributed by atoms with van der Waals surface area (Å²) in [6.45, 7) is 1.16. The Kier molecular flexibility index (Phi) is 4.02. The Bertz CT molecular complexity index is 388. The number of aromatic nitrogens is 2. The maximum Gasteiger partial charge on any atom is 0.157 e. The molecule has 1 unspecified atom stereocenters. The molecule has 1 fully saturated rings. The van der Waals surface area contributed by atoms with Gasteiger partial charge in [0.25, 0.3) is 0 Å². The number of nitrogens with zero attached hydrogens (tertiary/aromatic N) is 3. The minimum atomic E-state index is 0.227. The zero-order valence-electron chi connectivity index (χ0n) is 9.64. The van der Waals surface area contributed by atoms with E-state index in [1.807, 2.05) is 0 Å². The maximum atomic E-state index is 8.89. The van der Waals surface area contributed by atoms with Crippen molar-refractivity contribution in [2.75, 3.05) is 23.8 Å². The van der Waals surface area contributed by atoms with E-state index in [0.29, 0.717) is 16.9 Å². The van der Waals surface area contributed by atoms with Crippen molar-refractivity contribution < 1.29 is 5.11 Å². The minimum Gasteiger partial charge on any atom is -0.396 e. The quantitative estimate of drug-likeness (QED) is 0.798. The molecule has 2 rings (SSSR count). The van der Waals surface area contributed by atoms with Gasteiger partial charge in [-0.2, -0.15) is 0 Å². The van der Waals surface area contributed by atoms with Crippen molar-refractivity contribution in [3.63, 3.8) is 0 Å². The van der Waals surface area contributed by atoms with Crippen LogP contribution in [-0.2, 0) is 0 Å². The Hall–Kier alpha value is -1.07. The van der Waals surface area contributed by atoms with Crippen LogP contribution in [0.2, 0.25) is 5.15 Å². The first-order chi connectivity index (χ1) is 8.24. The number of anilines is 2. The van der Waals surface area contributed by atoms with Gasteiger partial charge in [-0.05, 0) is 25.7 Å². The fourth-order valence-electron chi connectivity index (χ4n) is 2.34. The number of nitrogens with two attached hydrogens (primary N) is 1. The van der Waals surface area contributed by atoms with Crippen molar-refractivity contribution in [2.24, 2.45) is 0 Å². The topological polar surface area (TPSA) is 75.3 Å². The highest BCUT2D eigenvalue weighted by molar-refractivity contribution is 6.32. The first-order valence-electron chi connectivity index (χ1n) is 5.87. The summed E-state index contributed by atoms with van der Waals surface area (Å²) >= 11 is 5.90. The standard InChI is InChI=1S/C11H17ClN4O/c12-10-9(13)11(15-7-14-10)16-5-1-3-8(16)4-2-6-17/h7-8,17H,1-6,13H2. The fraction of sp³-hybridized carbons (Fsp3) is 0.636. The smallest absolute Gasteiger partial charge is 0.157 e. The van der Waals surface area contributed by atoms with Gasteiger partial charge in [0.05, 0.1) is 0 Å². The molecule has 0 aliphatic carbocycles. The van der Waals surface area contributed by atoms with Gasteiger partial charge in [-0.15, -0.1) is 0 Å². The molecule has 1 saturated heterocycles. The number of aliphatic hydroxyl groups excluding tert-OH is 1. The summed E-state index contributed by atoms with van der Waals surface area (Å²) in [6.07, 6.45) is 5.44. The molecule has 17 heavy (non-hydrogen) atoms. The van der Waals surface area contributed by atoms with Gasteiger partial charge in [0.2, 0.25) is 0 Å². The van der Waals surface area contributed by atoms with Gasteiger partial charge in [-0.3, -0.25) is 0 Å². The number of hydrogen-bond acceptors (Lipinski definition) is 5. The van der Waals surface area contributed by atoms with Gasteiger partial charge in [-0.25, -0.2) is 9.97 Å². The van der Waals surface area contributed by atoms with Crippen LogP contribution >= 0.6 is 11.6 Å². The predicted molar refractivity (Wildman–Crippen MR) is 68.1 cm³/mol. The highest BCUT2D eigenvalue weighted by Crippen LogP contribution is 2.32. The Balaban J connectivity index is 2.17. The molecule has 6 heteroatoms. The van der Waals surface area contributed by atoms with Crippen LogP contribution in [-0.4, -0.2) is 34.3 Å². The molecule has 0 amide bonds. The Labute approximate surface area is 106 Å². The zero-order valence-corrected chi connectivity index (χ0v) is 10.4. The van der Waals surface area contributed by atoms with Crippen LogP contribution in [0.4, 0.5) is 11.5 Å². The summed E-state index contributed by atoms with van der Waals surface area (Å²) in [6, 6.07) is 0.399. The van der Waals surface area contributed by atoms with Crippen molar-refractivity contribution in [1.82, 2.24) is 9.97 Å². The van der Waals surface area contributed by atoms with Crippen LogP contribution in [0.25, 0.3) is 0 Å². The van der Waals surface area contributed by atoms with E-state index in [-0.39, 0.29) is 6.61 Å². The number of nitrogen functional groups attached to an aromatic ring is 1. The van der Waals surface area contributed by atoms with Gasteiger partial charge < -0.3 is 15.7 Å². The summed E-state index contributed by atoms with van der Waals surface area (Å²) in [5.74, 6) is 0.727. The van der Waals surface area contributed by atoms with Crippen LogP contribution < -0.4 is 10.6 Å². The molecule has 3 N–H and O–H groups in total.